The van der Waals surface area contributed by atoms with Crippen molar-refractivity contribution in [3.63, 3.8) is 0 Å². The van der Waals surface area contributed by atoms with Crippen LogP contribution < -0.4 is 5.32 Å². The molecule has 1 heterocycles. The number of anilines is 1. The van der Waals surface area contributed by atoms with Gasteiger partial charge in [0.1, 0.15) is 5.75 Å². The molecule has 0 atom stereocenters. The van der Waals surface area contributed by atoms with Crippen LogP contribution in [0.15, 0.2) is 46.4 Å². The number of carbonyl (C=O) groups excluding carboxylic acids is 1. The molecule has 8 heteroatoms. The summed E-state index contributed by atoms with van der Waals surface area (Å²) in [6.07, 6.45) is 0. The third-order valence-electron chi connectivity index (χ3n) is 3.99. The minimum Gasteiger partial charge on any atom is -0.507 e. The molecule has 128 valence electrons. The molecular weight excluding hydrogens is 338 g/mol. The molecule has 0 fully saturated rings. The number of azide groups is 1. The predicted octanol–water partition coefficient (Wildman–Crippen LogP) is 4.12. The van der Waals surface area contributed by atoms with Crippen LogP contribution in [0.4, 0.5) is 11.4 Å². The summed E-state index contributed by atoms with van der Waals surface area (Å²) in [4.78, 5) is 18.4. The lowest BCUT2D eigenvalue weighted by atomic mass is 10.1. The van der Waals surface area contributed by atoms with Gasteiger partial charge in [-0.15, -0.1) is 11.8 Å². The second kappa shape index (κ2) is 7.38. The Hall–Kier alpha value is -2.83. The lowest BCUT2D eigenvalue weighted by Crippen LogP contribution is -2.31. The Bertz CT molecular complexity index is 864. The molecule has 2 aromatic carbocycles. The largest absolute Gasteiger partial charge is 0.507 e. The van der Waals surface area contributed by atoms with E-state index < -0.39 is 0 Å². The van der Waals surface area contributed by atoms with Crippen LogP contribution in [0.1, 0.15) is 15.9 Å². The summed E-state index contributed by atoms with van der Waals surface area (Å²) in [5.41, 5.74) is 11.0. The summed E-state index contributed by atoms with van der Waals surface area (Å²) in [5.74, 6) is 0.360. The maximum absolute atomic E-state index is 12.8. The summed E-state index contributed by atoms with van der Waals surface area (Å²) in [6, 6.07) is 10.4. The number of carbonyl (C=O) groups is 1. The van der Waals surface area contributed by atoms with Gasteiger partial charge in [-0.25, -0.2) is 0 Å². The van der Waals surface area contributed by atoms with E-state index in [9.17, 15) is 9.90 Å². The molecule has 7 nitrogen and oxygen atoms in total. The number of amides is 1. The number of thioether (sulfide) groups is 1. The lowest BCUT2D eigenvalue weighted by Gasteiger charge is -2.21. The van der Waals surface area contributed by atoms with Crippen molar-refractivity contribution in [1.82, 2.24) is 4.90 Å². The summed E-state index contributed by atoms with van der Waals surface area (Å²) >= 11 is 1.72. The van der Waals surface area contributed by atoms with E-state index in [1.165, 1.54) is 18.2 Å². The number of hydrogen-bond donors (Lipinski definition) is 2. The third kappa shape index (κ3) is 3.65. The Morgan fingerprint density at radius 2 is 2.20 bits per heavy atom. The molecule has 1 aliphatic rings. The molecule has 0 bridgehead atoms. The highest BCUT2D eigenvalue weighted by atomic mass is 32.2. The fourth-order valence-electron chi connectivity index (χ4n) is 2.71. The van der Waals surface area contributed by atoms with Crippen molar-refractivity contribution in [2.24, 2.45) is 5.11 Å². The van der Waals surface area contributed by atoms with Crippen LogP contribution >= 0.6 is 11.8 Å². The number of benzene rings is 2. The van der Waals surface area contributed by atoms with Gasteiger partial charge in [0, 0.05) is 47.1 Å². The zero-order valence-electron chi connectivity index (χ0n) is 13.6. The summed E-state index contributed by atoms with van der Waals surface area (Å²) in [7, 11) is 1.86. The zero-order valence-corrected chi connectivity index (χ0v) is 14.5. The van der Waals surface area contributed by atoms with Gasteiger partial charge in [0.25, 0.3) is 5.91 Å². The minimum atomic E-state index is -0.242. The van der Waals surface area contributed by atoms with E-state index in [1.54, 1.807) is 16.7 Å². The topological polar surface area (TPSA) is 101 Å². The number of phenolic OH excluding ortho intramolecular Hbond substituents is 1. The van der Waals surface area contributed by atoms with E-state index in [4.69, 9.17) is 5.53 Å². The van der Waals surface area contributed by atoms with Crippen molar-refractivity contribution in [2.45, 2.75) is 11.4 Å². The molecule has 3 rings (SSSR count). The van der Waals surface area contributed by atoms with E-state index in [0.717, 1.165) is 21.9 Å². The normalized spacial score (nSPS) is 13.4. The smallest absolute Gasteiger partial charge is 0.257 e. The molecule has 0 radical (unpaired) electrons. The van der Waals surface area contributed by atoms with Crippen LogP contribution in [0.5, 0.6) is 5.75 Å². The van der Waals surface area contributed by atoms with E-state index in [1.807, 2.05) is 19.2 Å². The van der Waals surface area contributed by atoms with Gasteiger partial charge in [0.05, 0.1) is 5.56 Å². The average Bonchev–Trinajstić information content (AvgIpc) is 2.83. The molecular formula is C17H17N5O2S. The Morgan fingerprint density at radius 3 is 2.92 bits per heavy atom. The highest BCUT2D eigenvalue weighted by molar-refractivity contribution is 7.99. The summed E-state index contributed by atoms with van der Waals surface area (Å²) < 4.78 is 0. The highest BCUT2D eigenvalue weighted by Gasteiger charge is 2.23. The van der Waals surface area contributed by atoms with E-state index in [2.05, 4.69) is 21.4 Å². The summed E-state index contributed by atoms with van der Waals surface area (Å²) in [6.45, 7) is 1.07. The molecule has 1 amide bonds. The second-order valence-electron chi connectivity index (χ2n) is 5.54. The van der Waals surface area contributed by atoms with Crippen molar-refractivity contribution in [2.75, 3.05) is 24.7 Å². The number of hydrogen-bond acceptors (Lipinski definition) is 5. The van der Waals surface area contributed by atoms with Crippen molar-refractivity contribution < 1.29 is 9.90 Å². The van der Waals surface area contributed by atoms with Crippen molar-refractivity contribution in [1.29, 1.82) is 0 Å². The Morgan fingerprint density at radius 1 is 1.36 bits per heavy atom. The van der Waals surface area contributed by atoms with Gasteiger partial charge in [0.15, 0.2) is 0 Å². The SMILES string of the molecule is CNc1ccc2c(c1)CN(C(=O)c1ccc(N=[N+]=[N-])cc1O)CCS2. The second-order valence-corrected chi connectivity index (χ2v) is 6.68. The molecule has 0 saturated heterocycles. The number of aromatic hydroxyl groups is 1. The number of phenols is 1. The first kappa shape index (κ1) is 17.0. The standard InChI is InChI=1S/C17H17N5O2S/c1-19-12-3-5-16-11(8-12)10-22(6-7-25-16)17(24)14-4-2-13(20-21-18)9-15(14)23/h2-5,8-9,19,23H,6-7,10H2,1H3. The van der Waals surface area contributed by atoms with E-state index in [0.29, 0.717) is 13.1 Å². The van der Waals surface area contributed by atoms with Crippen LogP contribution in [-0.2, 0) is 6.54 Å². The number of rotatable bonds is 3. The van der Waals surface area contributed by atoms with Crippen LogP contribution in [0, 0.1) is 0 Å². The molecule has 0 aliphatic carbocycles. The Balaban J connectivity index is 1.88. The molecule has 2 aromatic rings. The monoisotopic (exact) mass is 355 g/mol. The van der Waals surface area contributed by atoms with E-state index >= 15 is 0 Å². The molecule has 25 heavy (non-hydrogen) atoms. The van der Waals surface area contributed by atoms with Gasteiger partial charge in [-0.05, 0) is 41.4 Å². The van der Waals surface area contributed by atoms with Gasteiger partial charge in [-0.1, -0.05) is 11.2 Å². The van der Waals surface area contributed by atoms with Crippen LogP contribution in [-0.4, -0.2) is 35.3 Å². The average molecular weight is 355 g/mol. The fourth-order valence-corrected chi connectivity index (χ4v) is 3.71. The van der Waals surface area contributed by atoms with Gasteiger partial charge in [0.2, 0.25) is 0 Å². The molecule has 0 unspecified atom stereocenters. The summed E-state index contributed by atoms with van der Waals surface area (Å²) in [5, 5.41) is 16.7. The maximum atomic E-state index is 12.8. The molecule has 1 aliphatic heterocycles. The molecule has 0 saturated carbocycles. The molecule has 0 spiro atoms. The number of fused-ring (bicyclic) bond motifs is 1. The fraction of sp³-hybridized carbons (Fsp3) is 0.235. The maximum Gasteiger partial charge on any atom is 0.257 e. The third-order valence-corrected chi connectivity index (χ3v) is 5.08. The Labute approximate surface area is 149 Å². The van der Waals surface area contributed by atoms with Crippen LogP contribution in [0.25, 0.3) is 10.4 Å². The van der Waals surface area contributed by atoms with Crippen molar-refractivity contribution in [3.05, 3.63) is 58.0 Å². The first-order chi connectivity index (χ1) is 12.1. The minimum absolute atomic E-state index is 0.184. The molecule has 0 aromatic heterocycles. The highest BCUT2D eigenvalue weighted by Crippen LogP contribution is 2.31. The number of nitrogens with one attached hydrogen (secondary N) is 1. The van der Waals surface area contributed by atoms with Crippen LogP contribution in [0.3, 0.4) is 0 Å². The quantitative estimate of drug-likeness (QED) is 0.491. The van der Waals surface area contributed by atoms with Crippen molar-refractivity contribution >= 4 is 29.0 Å². The van der Waals surface area contributed by atoms with Gasteiger partial charge >= 0.3 is 0 Å². The van der Waals surface area contributed by atoms with E-state index in [-0.39, 0.29) is 22.9 Å². The van der Waals surface area contributed by atoms with Crippen LogP contribution in [0.2, 0.25) is 0 Å². The first-order valence-corrected chi connectivity index (χ1v) is 8.72. The molecule has 2 N–H and O–H groups in total. The van der Waals surface area contributed by atoms with Gasteiger partial charge < -0.3 is 15.3 Å². The zero-order chi connectivity index (χ0) is 17.8. The number of nitrogens with zero attached hydrogens (tertiary/aromatic N) is 4. The van der Waals surface area contributed by atoms with Crippen molar-refractivity contribution in [3.8, 4) is 5.75 Å². The van der Waals surface area contributed by atoms with Gasteiger partial charge in [-0.3, -0.25) is 4.79 Å². The lowest BCUT2D eigenvalue weighted by molar-refractivity contribution is 0.0751. The van der Waals surface area contributed by atoms with Gasteiger partial charge in [-0.2, -0.15) is 0 Å². The predicted molar refractivity (Wildman–Crippen MR) is 98.4 cm³/mol. The first-order valence-electron chi connectivity index (χ1n) is 7.73. The Kier molecular flexibility index (Phi) is 5.02.